The Morgan fingerprint density at radius 3 is 2.88 bits per heavy atom. The number of hydrogen-bond acceptors (Lipinski definition) is 4. The standard InChI is InChI=1S/C17H22F2N2O3/c1-2-23-15-10-12(5-6-14(15)24-17(18)19)16(22)21-9-8-20-7-3-4-13(20)11-21/h5-6,10,13,17H,2-4,7-9,11H2,1H3/t13-/m1/s1. The molecule has 0 aromatic heterocycles. The van der Waals surface area contributed by atoms with Crippen LogP contribution in [0.4, 0.5) is 8.78 Å². The molecule has 132 valence electrons. The van der Waals surface area contributed by atoms with Gasteiger partial charge in [-0.1, -0.05) is 0 Å². The van der Waals surface area contributed by atoms with Gasteiger partial charge in [-0.3, -0.25) is 9.69 Å². The van der Waals surface area contributed by atoms with Crippen LogP contribution in [-0.2, 0) is 0 Å². The Morgan fingerprint density at radius 1 is 1.29 bits per heavy atom. The first-order valence-corrected chi connectivity index (χ1v) is 8.33. The van der Waals surface area contributed by atoms with Gasteiger partial charge in [-0.05, 0) is 44.5 Å². The molecule has 1 aromatic rings. The number of ether oxygens (including phenoxy) is 2. The van der Waals surface area contributed by atoms with Crippen LogP contribution in [0.15, 0.2) is 18.2 Å². The summed E-state index contributed by atoms with van der Waals surface area (Å²) >= 11 is 0. The number of halogens is 2. The summed E-state index contributed by atoms with van der Waals surface area (Å²) < 4.78 is 34.7. The van der Waals surface area contributed by atoms with Crippen molar-refractivity contribution in [2.24, 2.45) is 0 Å². The van der Waals surface area contributed by atoms with Gasteiger partial charge >= 0.3 is 6.61 Å². The van der Waals surface area contributed by atoms with E-state index in [1.165, 1.54) is 24.6 Å². The first-order chi connectivity index (χ1) is 11.6. The third-order valence-corrected chi connectivity index (χ3v) is 4.58. The van der Waals surface area contributed by atoms with Crippen molar-refractivity contribution in [3.05, 3.63) is 23.8 Å². The molecular formula is C17H22F2N2O3. The summed E-state index contributed by atoms with van der Waals surface area (Å²) in [6.07, 6.45) is 2.30. The SMILES string of the molecule is CCOc1cc(C(=O)N2CCN3CCC[C@@H]3C2)ccc1OC(F)F. The lowest BCUT2D eigenvalue weighted by Crippen LogP contribution is -2.52. The maximum Gasteiger partial charge on any atom is 0.387 e. The number of amides is 1. The zero-order valence-electron chi connectivity index (χ0n) is 13.7. The fourth-order valence-corrected chi connectivity index (χ4v) is 3.46. The summed E-state index contributed by atoms with van der Waals surface area (Å²) in [7, 11) is 0. The lowest BCUT2D eigenvalue weighted by atomic mass is 10.1. The molecule has 5 nitrogen and oxygen atoms in total. The summed E-state index contributed by atoms with van der Waals surface area (Å²) in [5.41, 5.74) is 0.437. The molecule has 2 aliphatic heterocycles. The van der Waals surface area contributed by atoms with Gasteiger partial charge in [0.1, 0.15) is 0 Å². The van der Waals surface area contributed by atoms with Gasteiger partial charge in [0.15, 0.2) is 11.5 Å². The molecule has 1 aromatic carbocycles. The second kappa shape index (κ2) is 7.34. The van der Waals surface area contributed by atoms with Crippen LogP contribution in [0.2, 0.25) is 0 Å². The van der Waals surface area contributed by atoms with Crippen molar-refractivity contribution in [1.29, 1.82) is 0 Å². The van der Waals surface area contributed by atoms with Crippen LogP contribution >= 0.6 is 0 Å². The van der Waals surface area contributed by atoms with Gasteiger partial charge in [0.25, 0.3) is 5.91 Å². The summed E-state index contributed by atoms with van der Waals surface area (Å²) in [5, 5.41) is 0. The summed E-state index contributed by atoms with van der Waals surface area (Å²) in [4.78, 5) is 17.0. The van der Waals surface area contributed by atoms with Crippen LogP contribution in [0.3, 0.4) is 0 Å². The zero-order chi connectivity index (χ0) is 17.1. The van der Waals surface area contributed by atoms with E-state index >= 15 is 0 Å². The lowest BCUT2D eigenvalue weighted by Gasteiger charge is -2.37. The zero-order valence-corrected chi connectivity index (χ0v) is 13.7. The Morgan fingerprint density at radius 2 is 2.12 bits per heavy atom. The van der Waals surface area contributed by atoms with Crippen LogP contribution in [0, 0.1) is 0 Å². The topological polar surface area (TPSA) is 42.0 Å². The van der Waals surface area contributed by atoms with E-state index in [9.17, 15) is 13.6 Å². The smallest absolute Gasteiger partial charge is 0.387 e. The molecule has 1 atom stereocenters. The summed E-state index contributed by atoms with van der Waals surface area (Å²) in [6.45, 7) is 2.54. The number of alkyl halides is 2. The molecule has 0 saturated carbocycles. The molecule has 2 fully saturated rings. The average molecular weight is 340 g/mol. The lowest BCUT2D eigenvalue weighted by molar-refractivity contribution is -0.0514. The number of nitrogens with zero attached hydrogens (tertiary/aromatic N) is 2. The van der Waals surface area contributed by atoms with Crippen molar-refractivity contribution in [2.45, 2.75) is 32.4 Å². The molecule has 2 aliphatic rings. The minimum Gasteiger partial charge on any atom is -0.490 e. The van der Waals surface area contributed by atoms with Gasteiger partial charge in [-0.2, -0.15) is 8.78 Å². The normalized spacial score (nSPS) is 21.0. The predicted molar refractivity (Wildman–Crippen MR) is 84.7 cm³/mol. The fraction of sp³-hybridized carbons (Fsp3) is 0.588. The predicted octanol–water partition coefficient (Wildman–Crippen LogP) is 2.61. The van der Waals surface area contributed by atoms with Gasteiger partial charge < -0.3 is 14.4 Å². The minimum atomic E-state index is -2.93. The minimum absolute atomic E-state index is 0.0518. The molecule has 24 heavy (non-hydrogen) atoms. The van der Waals surface area contributed by atoms with E-state index in [-0.39, 0.29) is 17.4 Å². The second-order valence-corrected chi connectivity index (χ2v) is 6.06. The molecule has 2 heterocycles. The average Bonchev–Trinajstić information content (AvgIpc) is 3.03. The molecular weight excluding hydrogens is 318 g/mol. The quantitative estimate of drug-likeness (QED) is 0.826. The third kappa shape index (κ3) is 3.61. The van der Waals surface area contributed by atoms with Crippen molar-refractivity contribution in [3.8, 4) is 11.5 Å². The molecule has 3 rings (SSSR count). The van der Waals surface area contributed by atoms with E-state index in [4.69, 9.17) is 4.74 Å². The summed E-state index contributed by atoms with van der Waals surface area (Å²) in [6, 6.07) is 4.82. The molecule has 7 heteroatoms. The van der Waals surface area contributed by atoms with Crippen molar-refractivity contribution in [1.82, 2.24) is 9.80 Å². The second-order valence-electron chi connectivity index (χ2n) is 6.06. The van der Waals surface area contributed by atoms with E-state index in [0.29, 0.717) is 24.8 Å². The molecule has 0 spiro atoms. The van der Waals surface area contributed by atoms with Gasteiger partial charge in [-0.15, -0.1) is 0 Å². The van der Waals surface area contributed by atoms with E-state index in [1.54, 1.807) is 6.92 Å². The van der Waals surface area contributed by atoms with Crippen molar-refractivity contribution >= 4 is 5.91 Å². The number of carbonyl (C=O) groups excluding carboxylic acids is 1. The monoisotopic (exact) mass is 340 g/mol. The highest BCUT2D eigenvalue weighted by atomic mass is 19.3. The first kappa shape index (κ1) is 17.0. The van der Waals surface area contributed by atoms with Gasteiger partial charge in [-0.25, -0.2) is 0 Å². The highest BCUT2D eigenvalue weighted by Crippen LogP contribution is 2.31. The third-order valence-electron chi connectivity index (χ3n) is 4.58. The fourth-order valence-electron chi connectivity index (χ4n) is 3.46. The largest absolute Gasteiger partial charge is 0.490 e. The molecule has 0 N–H and O–H groups in total. The van der Waals surface area contributed by atoms with Gasteiger partial charge in [0, 0.05) is 31.2 Å². The highest BCUT2D eigenvalue weighted by molar-refractivity contribution is 5.95. The molecule has 0 unspecified atom stereocenters. The highest BCUT2D eigenvalue weighted by Gasteiger charge is 2.33. The molecule has 0 bridgehead atoms. The number of carbonyl (C=O) groups is 1. The van der Waals surface area contributed by atoms with E-state index in [0.717, 1.165) is 26.1 Å². The van der Waals surface area contributed by atoms with E-state index < -0.39 is 6.61 Å². The molecule has 2 saturated heterocycles. The van der Waals surface area contributed by atoms with Gasteiger partial charge in [0.05, 0.1) is 6.61 Å². The number of benzene rings is 1. The molecule has 0 aliphatic carbocycles. The molecule has 0 radical (unpaired) electrons. The maximum absolute atomic E-state index is 12.7. The number of piperazine rings is 1. The van der Waals surface area contributed by atoms with Crippen LogP contribution in [0.1, 0.15) is 30.1 Å². The Kier molecular flexibility index (Phi) is 5.18. The van der Waals surface area contributed by atoms with Crippen LogP contribution in [0.25, 0.3) is 0 Å². The Labute approximate surface area is 140 Å². The number of hydrogen-bond donors (Lipinski definition) is 0. The van der Waals surface area contributed by atoms with Gasteiger partial charge in [0.2, 0.25) is 0 Å². The van der Waals surface area contributed by atoms with Crippen molar-refractivity contribution in [2.75, 3.05) is 32.8 Å². The Balaban J connectivity index is 1.75. The van der Waals surface area contributed by atoms with Crippen molar-refractivity contribution < 1.29 is 23.0 Å². The van der Waals surface area contributed by atoms with E-state index in [2.05, 4.69) is 9.64 Å². The Hall–Kier alpha value is -1.89. The summed E-state index contributed by atoms with van der Waals surface area (Å²) in [5.74, 6) is 0.0262. The van der Waals surface area contributed by atoms with Crippen molar-refractivity contribution in [3.63, 3.8) is 0 Å². The van der Waals surface area contributed by atoms with Crippen LogP contribution in [-0.4, -0.2) is 61.1 Å². The number of rotatable bonds is 5. The van der Waals surface area contributed by atoms with Crippen LogP contribution < -0.4 is 9.47 Å². The maximum atomic E-state index is 12.7. The Bertz CT molecular complexity index is 597. The van der Waals surface area contributed by atoms with Crippen LogP contribution in [0.5, 0.6) is 11.5 Å². The van der Waals surface area contributed by atoms with E-state index in [1.807, 2.05) is 4.90 Å². The first-order valence-electron chi connectivity index (χ1n) is 8.33. The molecule has 1 amide bonds. The number of fused-ring (bicyclic) bond motifs is 1.